The van der Waals surface area contributed by atoms with Gasteiger partial charge in [0.2, 0.25) is 5.89 Å². The van der Waals surface area contributed by atoms with Gasteiger partial charge < -0.3 is 9.40 Å². The van der Waals surface area contributed by atoms with Crippen LogP contribution in [0.4, 0.5) is 0 Å². The molecule has 2 aromatic carbocycles. The van der Waals surface area contributed by atoms with Crippen LogP contribution in [-0.2, 0) is 0 Å². The molecule has 2 heterocycles. The van der Waals surface area contributed by atoms with Crippen LogP contribution in [0.1, 0.15) is 0 Å². The summed E-state index contributed by atoms with van der Waals surface area (Å²) in [5.41, 5.74) is 2.18. The van der Waals surface area contributed by atoms with Crippen molar-refractivity contribution < 1.29 is 4.42 Å². The van der Waals surface area contributed by atoms with Gasteiger partial charge >= 0.3 is 0 Å². The largest absolute Gasteiger partial charge is 0.435 e. The van der Waals surface area contributed by atoms with Crippen LogP contribution in [0, 0.1) is 0 Å². The third kappa shape index (κ3) is 1.97. The fourth-order valence-electron chi connectivity index (χ4n) is 2.34. The minimum absolute atomic E-state index is 0.240. The second-order valence-electron chi connectivity index (χ2n) is 4.70. The van der Waals surface area contributed by atoms with Crippen molar-refractivity contribution >= 4 is 37.9 Å². The van der Waals surface area contributed by atoms with E-state index in [1.807, 2.05) is 48.5 Å². The molecule has 1 N–H and O–H groups in total. The fourth-order valence-corrected chi connectivity index (χ4v) is 2.61. The van der Waals surface area contributed by atoms with Gasteiger partial charge in [-0.2, -0.15) is 0 Å². The highest BCUT2D eigenvalue weighted by atomic mass is 79.9. The summed E-state index contributed by atoms with van der Waals surface area (Å²) < 4.78 is 6.82. The fraction of sp³-hybridized carbons (Fsp3) is 0. The molecule has 0 aliphatic heterocycles. The number of aromatic nitrogens is 2. The lowest BCUT2D eigenvalue weighted by molar-refractivity contribution is 0.623. The van der Waals surface area contributed by atoms with E-state index in [-0.39, 0.29) is 5.56 Å². The van der Waals surface area contributed by atoms with Gasteiger partial charge in [0, 0.05) is 15.4 Å². The highest BCUT2D eigenvalue weighted by Crippen LogP contribution is 2.27. The van der Waals surface area contributed by atoms with E-state index in [1.54, 1.807) is 0 Å². The minimum Gasteiger partial charge on any atom is -0.435 e. The summed E-state index contributed by atoms with van der Waals surface area (Å²) in [6, 6.07) is 15.1. The summed E-state index contributed by atoms with van der Waals surface area (Å²) in [6.45, 7) is 0. The average Bonchev–Trinajstić information content (AvgIpc) is 2.94. The van der Waals surface area contributed by atoms with Crippen molar-refractivity contribution in [2.45, 2.75) is 0 Å². The summed E-state index contributed by atoms with van der Waals surface area (Å²) in [4.78, 5) is 19.3. The minimum atomic E-state index is -0.240. The molecule has 0 bridgehead atoms. The third-order valence-corrected chi connectivity index (χ3v) is 3.88. The van der Waals surface area contributed by atoms with Gasteiger partial charge in [-0.25, -0.2) is 4.98 Å². The molecule has 21 heavy (non-hydrogen) atoms. The molecule has 0 amide bonds. The Balaban J connectivity index is 2.05. The van der Waals surface area contributed by atoms with Gasteiger partial charge in [0.25, 0.3) is 5.56 Å². The number of hydrogen-bond acceptors (Lipinski definition) is 3. The van der Waals surface area contributed by atoms with Gasteiger partial charge in [0.15, 0.2) is 11.1 Å². The van der Waals surface area contributed by atoms with Gasteiger partial charge in [0.05, 0.1) is 5.52 Å². The number of nitrogens with one attached hydrogen (secondary N) is 1. The predicted octanol–water partition coefficient (Wildman–Crippen LogP) is 4.10. The van der Waals surface area contributed by atoms with Crippen LogP contribution in [0.2, 0.25) is 0 Å². The maximum atomic E-state index is 12.1. The van der Waals surface area contributed by atoms with Crippen LogP contribution in [0.15, 0.2) is 62.2 Å². The van der Waals surface area contributed by atoms with Crippen molar-refractivity contribution in [1.29, 1.82) is 0 Å². The van der Waals surface area contributed by atoms with E-state index in [4.69, 9.17) is 4.42 Å². The smallest absolute Gasteiger partial charge is 0.278 e. The molecule has 4 rings (SSSR count). The molecule has 0 saturated carbocycles. The van der Waals surface area contributed by atoms with E-state index in [2.05, 4.69) is 25.9 Å². The number of oxazole rings is 1. The van der Waals surface area contributed by atoms with Crippen molar-refractivity contribution in [3.05, 3.63) is 63.4 Å². The summed E-state index contributed by atoms with van der Waals surface area (Å²) >= 11 is 3.39. The Morgan fingerprint density at radius 2 is 1.81 bits per heavy atom. The number of pyridine rings is 1. The summed E-state index contributed by atoms with van der Waals surface area (Å²) in [6.07, 6.45) is 0. The molecular formula is C16H9BrN2O2. The number of H-pyrrole nitrogens is 1. The Morgan fingerprint density at radius 3 is 2.62 bits per heavy atom. The van der Waals surface area contributed by atoms with Crippen molar-refractivity contribution in [2.24, 2.45) is 0 Å². The van der Waals surface area contributed by atoms with E-state index in [0.29, 0.717) is 17.0 Å². The van der Waals surface area contributed by atoms with Crippen LogP contribution < -0.4 is 5.56 Å². The predicted molar refractivity (Wildman–Crippen MR) is 85.3 cm³/mol. The molecule has 2 aromatic heterocycles. The molecule has 5 heteroatoms. The number of aromatic amines is 1. The Morgan fingerprint density at radius 1 is 1.05 bits per heavy atom. The lowest BCUT2D eigenvalue weighted by Crippen LogP contribution is -2.05. The first-order chi connectivity index (χ1) is 10.2. The number of hydrogen-bond donors (Lipinski definition) is 1. The van der Waals surface area contributed by atoms with Crippen molar-refractivity contribution in [3.8, 4) is 11.5 Å². The molecule has 0 fully saturated rings. The van der Waals surface area contributed by atoms with Crippen molar-refractivity contribution in [3.63, 3.8) is 0 Å². The molecule has 0 radical (unpaired) electrons. The molecule has 0 aliphatic rings. The zero-order valence-corrected chi connectivity index (χ0v) is 12.3. The normalized spacial score (nSPS) is 11.3. The van der Waals surface area contributed by atoms with E-state index >= 15 is 0 Å². The second-order valence-corrected chi connectivity index (χ2v) is 5.62. The first-order valence-corrected chi connectivity index (χ1v) is 7.19. The molecule has 0 aliphatic carbocycles. The lowest BCUT2D eigenvalue weighted by atomic mass is 10.2. The molecule has 0 spiro atoms. The molecule has 0 saturated heterocycles. The van der Waals surface area contributed by atoms with Crippen LogP contribution in [0.25, 0.3) is 33.5 Å². The maximum absolute atomic E-state index is 12.1. The van der Waals surface area contributed by atoms with Crippen molar-refractivity contribution in [2.75, 3.05) is 0 Å². The Kier molecular flexibility index (Phi) is 2.68. The quantitative estimate of drug-likeness (QED) is 0.567. The summed E-state index contributed by atoms with van der Waals surface area (Å²) in [5.74, 6) is 0.444. The zero-order chi connectivity index (χ0) is 14.4. The first-order valence-electron chi connectivity index (χ1n) is 6.40. The van der Waals surface area contributed by atoms with Crippen LogP contribution in [0.3, 0.4) is 0 Å². The highest BCUT2D eigenvalue weighted by molar-refractivity contribution is 9.10. The molecular weight excluding hydrogens is 332 g/mol. The number of nitrogens with zero attached hydrogens (tertiary/aromatic N) is 1. The maximum Gasteiger partial charge on any atom is 0.278 e. The average molecular weight is 341 g/mol. The van der Waals surface area contributed by atoms with Crippen molar-refractivity contribution in [1.82, 2.24) is 9.97 Å². The standard InChI is InChI=1S/C16H9BrN2O2/c17-10-7-5-9(6-8-10)16-19-13-14(21-16)11-3-1-2-4-12(11)18-15(13)20/h1-8H,(H,18,20). The number of fused-ring (bicyclic) bond motifs is 3. The van der Waals surface area contributed by atoms with Gasteiger partial charge in [-0.1, -0.05) is 28.1 Å². The topological polar surface area (TPSA) is 58.9 Å². The van der Waals surface area contributed by atoms with E-state index in [9.17, 15) is 4.79 Å². The zero-order valence-electron chi connectivity index (χ0n) is 10.8. The molecule has 4 aromatic rings. The number of benzene rings is 2. The van der Waals surface area contributed by atoms with Crippen LogP contribution in [0.5, 0.6) is 0 Å². The lowest BCUT2D eigenvalue weighted by Gasteiger charge is -1.96. The Bertz CT molecular complexity index is 1020. The molecule has 0 unspecified atom stereocenters. The summed E-state index contributed by atoms with van der Waals surface area (Å²) in [5, 5.41) is 0.850. The molecule has 4 nitrogen and oxygen atoms in total. The second kappa shape index (κ2) is 4.56. The summed E-state index contributed by atoms with van der Waals surface area (Å²) in [7, 11) is 0. The van der Waals surface area contributed by atoms with Crippen LogP contribution >= 0.6 is 15.9 Å². The first kappa shape index (κ1) is 12.3. The van der Waals surface area contributed by atoms with E-state index in [0.717, 1.165) is 20.9 Å². The van der Waals surface area contributed by atoms with Gasteiger partial charge in [-0.05, 0) is 36.4 Å². The Labute approximate surface area is 127 Å². The SMILES string of the molecule is O=c1[nH]c2ccccc2c2oc(-c3ccc(Br)cc3)nc12. The van der Waals surface area contributed by atoms with E-state index in [1.165, 1.54) is 0 Å². The van der Waals surface area contributed by atoms with Gasteiger partial charge in [0.1, 0.15) is 0 Å². The Hall–Kier alpha value is -2.40. The monoisotopic (exact) mass is 340 g/mol. The van der Waals surface area contributed by atoms with Gasteiger partial charge in [-0.15, -0.1) is 0 Å². The highest BCUT2D eigenvalue weighted by Gasteiger charge is 2.14. The number of halogens is 1. The number of para-hydroxylation sites is 1. The van der Waals surface area contributed by atoms with Gasteiger partial charge in [-0.3, -0.25) is 4.79 Å². The van der Waals surface area contributed by atoms with E-state index < -0.39 is 0 Å². The van der Waals surface area contributed by atoms with Crippen LogP contribution in [-0.4, -0.2) is 9.97 Å². The third-order valence-electron chi connectivity index (χ3n) is 3.35. The molecule has 0 atom stereocenters. The number of rotatable bonds is 1. The molecule has 102 valence electrons.